The van der Waals surface area contributed by atoms with Gasteiger partial charge in [-0.05, 0) is 25.3 Å². The zero-order valence-corrected chi connectivity index (χ0v) is 17.2. The molecule has 0 aliphatic carbocycles. The molecule has 0 bridgehead atoms. The Hall–Kier alpha value is -1.96. The second-order valence-electron chi connectivity index (χ2n) is 7.21. The van der Waals surface area contributed by atoms with Gasteiger partial charge in [-0.1, -0.05) is 41.9 Å². The number of amides is 1. The molecular weight excluding hydrogens is 399 g/mol. The molecule has 3 N–H and O–H groups in total. The number of carbonyl (C=O) groups is 1. The normalized spacial score (nSPS) is 18.8. The van der Waals surface area contributed by atoms with Gasteiger partial charge in [0.15, 0.2) is 0 Å². The van der Waals surface area contributed by atoms with E-state index < -0.39 is 30.7 Å². The summed E-state index contributed by atoms with van der Waals surface area (Å²) in [7, 11) is 0. The fourth-order valence-electron chi connectivity index (χ4n) is 3.55. The van der Waals surface area contributed by atoms with E-state index in [0.717, 1.165) is 5.56 Å². The molecular formula is C21H28ClFN2O4. The number of allylic oxidation sites excluding steroid dienone is 2. The minimum absolute atomic E-state index is 0.0452. The standard InChI is InChI=1S/C21H28ClFN2O4/c1-14(11-19(22)24)29-13-17(15-5-3-2-4-6-15)20(18(27)12-26)21(28)25-9-7-16(23)8-10-25/h2-6,11,16-18,20,24,26-27H,7-10,12-13H2,1H3/b14-11+,24-19?/t17-,18+,20-/m1/s1. The Morgan fingerprint density at radius 3 is 2.55 bits per heavy atom. The summed E-state index contributed by atoms with van der Waals surface area (Å²) >= 11 is 5.57. The number of halogens is 2. The summed E-state index contributed by atoms with van der Waals surface area (Å²) < 4.78 is 19.2. The van der Waals surface area contributed by atoms with Gasteiger partial charge in [0.25, 0.3) is 0 Å². The van der Waals surface area contributed by atoms with Crippen LogP contribution in [0.15, 0.2) is 42.2 Å². The number of hydrogen-bond donors (Lipinski definition) is 3. The molecule has 29 heavy (non-hydrogen) atoms. The van der Waals surface area contributed by atoms with Crippen molar-refractivity contribution in [1.29, 1.82) is 5.41 Å². The van der Waals surface area contributed by atoms with Crippen LogP contribution in [0.25, 0.3) is 0 Å². The molecule has 6 nitrogen and oxygen atoms in total. The number of hydrogen-bond acceptors (Lipinski definition) is 5. The Morgan fingerprint density at radius 1 is 1.38 bits per heavy atom. The molecule has 1 aliphatic heterocycles. The summed E-state index contributed by atoms with van der Waals surface area (Å²) in [5.74, 6) is -1.44. The van der Waals surface area contributed by atoms with E-state index in [-0.39, 0.29) is 43.6 Å². The van der Waals surface area contributed by atoms with Gasteiger partial charge in [-0.2, -0.15) is 0 Å². The zero-order chi connectivity index (χ0) is 21.4. The van der Waals surface area contributed by atoms with Crippen LogP contribution in [0.4, 0.5) is 4.39 Å². The van der Waals surface area contributed by atoms with Gasteiger partial charge in [-0.25, -0.2) is 4.39 Å². The molecule has 1 saturated heterocycles. The number of aliphatic hydroxyl groups excluding tert-OH is 2. The van der Waals surface area contributed by atoms with Crippen LogP contribution < -0.4 is 0 Å². The van der Waals surface area contributed by atoms with E-state index >= 15 is 0 Å². The minimum Gasteiger partial charge on any atom is -0.497 e. The first-order valence-corrected chi connectivity index (χ1v) is 10.0. The lowest BCUT2D eigenvalue weighted by atomic mass is 9.81. The second-order valence-corrected chi connectivity index (χ2v) is 7.61. The van der Waals surface area contributed by atoms with Crippen molar-refractivity contribution in [3.8, 4) is 0 Å². The summed E-state index contributed by atoms with van der Waals surface area (Å²) in [4.78, 5) is 14.8. The van der Waals surface area contributed by atoms with Crippen molar-refractivity contribution in [2.75, 3.05) is 26.3 Å². The fraction of sp³-hybridized carbons (Fsp3) is 0.524. The number of nitrogens with zero attached hydrogens (tertiary/aromatic N) is 1. The lowest BCUT2D eigenvalue weighted by Crippen LogP contribution is -2.48. The molecule has 1 aromatic rings. The van der Waals surface area contributed by atoms with Crippen molar-refractivity contribution in [1.82, 2.24) is 4.90 Å². The summed E-state index contributed by atoms with van der Waals surface area (Å²) in [5, 5.41) is 27.3. The smallest absolute Gasteiger partial charge is 0.229 e. The Balaban J connectivity index is 2.31. The number of ether oxygens (including phenoxy) is 1. The first-order chi connectivity index (χ1) is 13.8. The maximum Gasteiger partial charge on any atom is 0.229 e. The van der Waals surface area contributed by atoms with E-state index in [0.29, 0.717) is 5.76 Å². The lowest BCUT2D eigenvalue weighted by molar-refractivity contribution is -0.144. The molecule has 2 rings (SSSR count). The molecule has 0 saturated carbocycles. The molecule has 8 heteroatoms. The molecule has 0 radical (unpaired) electrons. The van der Waals surface area contributed by atoms with E-state index in [4.69, 9.17) is 21.7 Å². The van der Waals surface area contributed by atoms with Crippen molar-refractivity contribution in [2.45, 2.75) is 38.0 Å². The molecule has 1 aliphatic rings. The minimum atomic E-state index is -1.30. The van der Waals surface area contributed by atoms with Crippen molar-refractivity contribution in [2.24, 2.45) is 5.92 Å². The number of likely N-dealkylation sites (tertiary alicyclic amines) is 1. The Morgan fingerprint density at radius 2 is 2.00 bits per heavy atom. The quantitative estimate of drug-likeness (QED) is 0.418. The van der Waals surface area contributed by atoms with Crippen LogP contribution in [-0.2, 0) is 9.53 Å². The third kappa shape index (κ3) is 6.80. The summed E-state index contributed by atoms with van der Waals surface area (Å²) in [6.07, 6.45) is -0.350. The highest BCUT2D eigenvalue weighted by Gasteiger charge is 2.39. The maximum atomic E-state index is 13.5. The zero-order valence-electron chi connectivity index (χ0n) is 16.4. The Bertz CT molecular complexity index is 708. The van der Waals surface area contributed by atoms with Crippen LogP contribution >= 0.6 is 11.6 Å². The predicted molar refractivity (Wildman–Crippen MR) is 110 cm³/mol. The van der Waals surface area contributed by atoms with Gasteiger partial charge >= 0.3 is 0 Å². The summed E-state index contributed by atoms with van der Waals surface area (Å²) in [5.41, 5.74) is 0.771. The number of rotatable bonds is 9. The summed E-state index contributed by atoms with van der Waals surface area (Å²) in [6, 6.07) is 9.14. The SMILES string of the molecule is C/C(=C\C(=N)Cl)OC[C@H](c1ccccc1)[C@@H](C(=O)N1CCC(F)CC1)[C@@H](O)CO. The highest BCUT2D eigenvalue weighted by Crippen LogP contribution is 2.31. The van der Waals surface area contributed by atoms with Crippen molar-refractivity contribution in [3.05, 3.63) is 47.7 Å². The van der Waals surface area contributed by atoms with Crippen LogP contribution in [0.3, 0.4) is 0 Å². The second kappa shape index (κ2) is 11.3. The summed E-state index contributed by atoms with van der Waals surface area (Å²) in [6.45, 7) is 1.66. The average molecular weight is 427 g/mol. The lowest BCUT2D eigenvalue weighted by Gasteiger charge is -2.36. The van der Waals surface area contributed by atoms with E-state index in [9.17, 15) is 19.4 Å². The molecule has 1 fully saturated rings. The highest BCUT2D eigenvalue weighted by molar-refractivity contribution is 6.67. The fourth-order valence-corrected chi connectivity index (χ4v) is 3.70. The molecule has 0 spiro atoms. The van der Waals surface area contributed by atoms with Gasteiger partial charge in [0.05, 0.1) is 31.0 Å². The highest BCUT2D eigenvalue weighted by atomic mass is 35.5. The van der Waals surface area contributed by atoms with Crippen molar-refractivity contribution < 1.29 is 24.1 Å². The van der Waals surface area contributed by atoms with E-state index in [1.165, 1.54) is 6.08 Å². The number of benzene rings is 1. The Kier molecular flexibility index (Phi) is 9.07. The molecule has 0 aromatic heterocycles. The third-order valence-corrected chi connectivity index (χ3v) is 5.21. The number of aliphatic hydroxyl groups is 2. The van der Waals surface area contributed by atoms with Crippen LogP contribution in [0.5, 0.6) is 0 Å². The van der Waals surface area contributed by atoms with Gasteiger partial charge in [0, 0.05) is 25.1 Å². The number of alkyl halides is 1. The third-order valence-electron chi connectivity index (χ3n) is 5.10. The first kappa shape index (κ1) is 23.3. The Labute approximate surface area is 175 Å². The van der Waals surface area contributed by atoms with Crippen molar-refractivity contribution in [3.63, 3.8) is 0 Å². The first-order valence-electron chi connectivity index (χ1n) is 9.65. The molecule has 1 aromatic carbocycles. The molecule has 1 heterocycles. The van der Waals surface area contributed by atoms with Gasteiger partial charge in [0.1, 0.15) is 11.3 Å². The monoisotopic (exact) mass is 426 g/mol. The van der Waals surface area contributed by atoms with Gasteiger partial charge in [0.2, 0.25) is 5.91 Å². The van der Waals surface area contributed by atoms with Crippen LogP contribution in [0.1, 0.15) is 31.2 Å². The molecule has 0 unspecified atom stereocenters. The molecule has 1 amide bonds. The maximum absolute atomic E-state index is 13.5. The van der Waals surface area contributed by atoms with Gasteiger partial charge in [-0.15, -0.1) is 0 Å². The largest absolute Gasteiger partial charge is 0.497 e. The number of carbonyl (C=O) groups excluding carboxylic acids is 1. The number of nitrogens with one attached hydrogen (secondary N) is 1. The van der Waals surface area contributed by atoms with Crippen LogP contribution in [-0.4, -0.2) is 64.8 Å². The van der Waals surface area contributed by atoms with Crippen LogP contribution in [0, 0.1) is 11.3 Å². The van der Waals surface area contributed by atoms with E-state index in [1.807, 2.05) is 30.3 Å². The average Bonchev–Trinajstić information content (AvgIpc) is 2.70. The topological polar surface area (TPSA) is 93.9 Å². The molecule has 160 valence electrons. The number of piperidine rings is 1. The van der Waals surface area contributed by atoms with Crippen LogP contribution in [0.2, 0.25) is 0 Å². The molecule has 3 atom stereocenters. The van der Waals surface area contributed by atoms with Gasteiger partial charge < -0.3 is 19.8 Å². The van der Waals surface area contributed by atoms with Gasteiger partial charge in [-0.3, -0.25) is 10.2 Å². The predicted octanol–water partition coefficient (Wildman–Crippen LogP) is 2.84. The van der Waals surface area contributed by atoms with Crippen molar-refractivity contribution >= 4 is 22.7 Å². The van der Waals surface area contributed by atoms with E-state index in [1.54, 1.807) is 11.8 Å². The van der Waals surface area contributed by atoms with E-state index in [2.05, 4.69) is 0 Å².